The van der Waals surface area contributed by atoms with E-state index in [0.717, 1.165) is 0 Å². The monoisotopic (exact) mass is 268 g/mol. The van der Waals surface area contributed by atoms with Crippen LogP contribution in [0.1, 0.15) is 10.5 Å². The Morgan fingerprint density at radius 2 is 1.94 bits per heavy atom. The summed E-state index contributed by atoms with van der Waals surface area (Å²) in [7, 11) is 0. The Labute approximate surface area is 107 Å². The van der Waals surface area contributed by atoms with Gasteiger partial charge in [-0.25, -0.2) is 4.98 Å². The Hall–Kier alpha value is -1.72. The first-order valence-corrected chi connectivity index (χ1v) is 5.33. The van der Waals surface area contributed by atoms with E-state index in [1.54, 1.807) is 6.07 Å². The zero-order valence-electron chi connectivity index (χ0n) is 8.39. The molecule has 2 aromatic rings. The predicted molar refractivity (Wildman–Crippen MR) is 64.2 cm³/mol. The number of hydrogen-bond acceptors (Lipinski definition) is 4. The van der Waals surface area contributed by atoms with Crippen molar-refractivity contribution in [1.82, 2.24) is 15.2 Å². The summed E-state index contributed by atoms with van der Waals surface area (Å²) in [5, 5.41) is 10.4. The van der Waals surface area contributed by atoms with Crippen LogP contribution >= 0.6 is 23.2 Å². The largest absolute Gasteiger partial charge is 0.320 e. The van der Waals surface area contributed by atoms with Crippen molar-refractivity contribution in [1.29, 1.82) is 0 Å². The molecule has 17 heavy (non-hydrogen) atoms. The number of amides is 1. The molecule has 0 aliphatic heterocycles. The van der Waals surface area contributed by atoms with E-state index >= 15 is 0 Å². The average Bonchev–Trinajstić information content (AvgIpc) is 2.29. The molecule has 0 aliphatic carbocycles. The van der Waals surface area contributed by atoms with Crippen LogP contribution in [0.25, 0.3) is 0 Å². The number of pyridine rings is 1. The highest BCUT2D eigenvalue weighted by Gasteiger charge is 2.08. The smallest absolute Gasteiger partial charge is 0.276 e. The zero-order chi connectivity index (χ0) is 12.3. The molecular weight excluding hydrogens is 263 g/mol. The van der Waals surface area contributed by atoms with Crippen molar-refractivity contribution in [2.45, 2.75) is 0 Å². The van der Waals surface area contributed by atoms with E-state index < -0.39 is 5.91 Å². The van der Waals surface area contributed by atoms with Gasteiger partial charge in [0.25, 0.3) is 5.91 Å². The minimum atomic E-state index is -0.392. The van der Waals surface area contributed by atoms with Crippen molar-refractivity contribution in [2.75, 3.05) is 5.32 Å². The summed E-state index contributed by atoms with van der Waals surface area (Å²) in [5.41, 5.74) is 0.703. The van der Waals surface area contributed by atoms with Crippen LogP contribution in [0.3, 0.4) is 0 Å². The summed E-state index contributed by atoms with van der Waals surface area (Å²) in [4.78, 5) is 15.5. The van der Waals surface area contributed by atoms with Gasteiger partial charge < -0.3 is 5.32 Å². The lowest BCUT2D eigenvalue weighted by atomic mass is 10.3. The van der Waals surface area contributed by atoms with Gasteiger partial charge in [-0.2, -0.15) is 0 Å². The summed E-state index contributed by atoms with van der Waals surface area (Å²) >= 11 is 11.3. The van der Waals surface area contributed by atoms with Gasteiger partial charge >= 0.3 is 0 Å². The van der Waals surface area contributed by atoms with E-state index in [0.29, 0.717) is 10.8 Å². The van der Waals surface area contributed by atoms with Crippen molar-refractivity contribution in [3.63, 3.8) is 0 Å². The molecule has 0 saturated heterocycles. The Morgan fingerprint density at radius 3 is 2.59 bits per heavy atom. The molecule has 2 aromatic heterocycles. The fourth-order valence-electron chi connectivity index (χ4n) is 1.11. The van der Waals surface area contributed by atoms with Crippen molar-refractivity contribution >= 4 is 34.8 Å². The first-order chi connectivity index (χ1) is 8.15. The number of anilines is 1. The highest BCUT2D eigenvalue weighted by atomic mass is 35.5. The molecule has 5 nitrogen and oxygen atoms in total. The Balaban J connectivity index is 2.14. The number of nitrogens with zero attached hydrogens (tertiary/aromatic N) is 3. The third kappa shape index (κ3) is 3.12. The molecule has 0 unspecified atom stereocenters. The van der Waals surface area contributed by atoms with Gasteiger partial charge in [0.2, 0.25) is 0 Å². The van der Waals surface area contributed by atoms with Gasteiger partial charge in [-0.15, -0.1) is 10.2 Å². The molecule has 1 N–H and O–H groups in total. The maximum Gasteiger partial charge on any atom is 0.276 e. The van der Waals surface area contributed by atoms with Gasteiger partial charge in [0.15, 0.2) is 10.8 Å². The third-order valence-corrected chi connectivity index (χ3v) is 2.26. The summed E-state index contributed by atoms with van der Waals surface area (Å²) in [5.74, 6) is -0.392. The molecule has 86 valence electrons. The number of nitrogens with one attached hydrogen (secondary N) is 1. The van der Waals surface area contributed by atoms with Crippen molar-refractivity contribution in [3.8, 4) is 0 Å². The number of hydrogen-bond donors (Lipinski definition) is 1. The molecule has 0 radical (unpaired) electrons. The molecule has 0 bridgehead atoms. The van der Waals surface area contributed by atoms with Crippen molar-refractivity contribution < 1.29 is 4.79 Å². The van der Waals surface area contributed by atoms with Gasteiger partial charge in [-0.1, -0.05) is 23.2 Å². The summed E-state index contributed by atoms with van der Waals surface area (Å²) in [6, 6.07) is 6.12. The maximum absolute atomic E-state index is 11.7. The highest BCUT2D eigenvalue weighted by molar-refractivity contribution is 6.30. The second-order valence-corrected chi connectivity index (χ2v) is 3.84. The molecule has 0 aromatic carbocycles. The molecule has 2 heterocycles. The van der Waals surface area contributed by atoms with Crippen LogP contribution in [0.15, 0.2) is 30.5 Å². The molecular formula is C10H6Cl2N4O. The third-order valence-electron chi connectivity index (χ3n) is 1.85. The quantitative estimate of drug-likeness (QED) is 0.850. The Morgan fingerprint density at radius 1 is 1.12 bits per heavy atom. The molecule has 0 fully saturated rings. The van der Waals surface area contributed by atoms with Gasteiger partial charge in [0, 0.05) is 11.9 Å². The van der Waals surface area contributed by atoms with Crippen LogP contribution in [-0.2, 0) is 0 Å². The van der Waals surface area contributed by atoms with Crippen LogP contribution in [0.4, 0.5) is 5.69 Å². The first-order valence-electron chi connectivity index (χ1n) is 4.57. The Bertz CT molecular complexity index is 544. The fourth-order valence-corrected chi connectivity index (χ4v) is 1.39. The second kappa shape index (κ2) is 5.07. The summed E-state index contributed by atoms with van der Waals surface area (Å²) < 4.78 is 0. The molecule has 1 amide bonds. The molecule has 0 aliphatic rings. The minimum Gasteiger partial charge on any atom is -0.320 e. The van der Waals surface area contributed by atoms with Crippen molar-refractivity contribution in [3.05, 3.63) is 46.5 Å². The van der Waals surface area contributed by atoms with E-state index in [1.165, 1.54) is 24.4 Å². The van der Waals surface area contributed by atoms with Gasteiger partial charge in [-0.3, -0.25) is 4.79 Å². The topological polar surface area (TPSA) is 67.8 Å². The van der Waals surface area contributed by atoms with E-state index in [4.69, 9.17) is 23.2 Å². The summed E-state index contributed by atoms with van der Waals surface area (Å²) in [6.07, 6.45) is 1.49. The molecule has 7 heteroatoms. The van der Waals surface area contributed by atoms with Crippen molar-refractivity contribution in [2.24, 2.45) is 0 Å². The lowest BCUT2D eigenvalue weighted by Gasteiger charge is -2.03. The Kier molecular flexibility index (Phi) is 3.51. The SMILES string of the molecule is O=C(Nc1ccnc(Cl)c1)c1ccc(Cl)nn1. The molecule has 0 spiro atoms. The number of aromatic nitrogens is 3. The minimum absolute atomic E-state index is 0.169. The summed E-state index contributed by atoms with van der Waals surface area (Å²) in [6.45, 7) is 0. The van der Waals surface area contributed by atoms with E-state index in [1.807, 2.05) is 0 Å². The average molecular weight is 269 g/mol. The number of rotatable bonds is 2. The van der Waals surface area contributed by atoms with Gasteiger partial charge in [0.05, 0.1) is 0 Å². The van der Waals surface area contributed by atoms with Crippen LogP contribution in [0.2, 0.25) is 10.3 Å². The van der Waals surface area contributed by atoms with E-state index in [-0.39, 0.29) is 10.8 Å². The van der Waals surface area contributed by atoms with Crippen LogP contribution in [-0.4, -0.2) is 21.1 Å². The standard InChI is InChI=1S/C10H6Cl2N4O/c11-8-2-1-7(15-16-8)10(17)14-6-3-4-13-9(12)5-6/h1-5H,(H,13,14,17). The predicted octanol–water partition coefficient (Wildman–Crippen LogP) is 2.43. The highest BCUT2D eigenvalue weighted by Crippen LogP contribution is 2.13. The first kappa shape index (κ1) is 11.8. The maximum atomic E-state index is 11.7. The lowest BCUT2D eigenvalue weighted by Crippen LogP contribution is -2.14. The van der Waals surface area contributed by atoms with Gasteiger partial charge in [0.1, 0.15) is 5.15 Å². The molecule has 0 saturated carbocycles. The number of carbonyl (C=O) groups excluding carboxylic acids is 1. The van der Waals surface area contributed by atoms with Crippen LogP contribution in [0.5, 0.6) is 0 Å². The lowest BCUT2D eigenvalue weighted by molar-refractivity contribution is 0.102. The number of halogens is 2. The molecule has 2 rings (SSSR count). The molecule has 0 atom stereocenters. The van der Waals surface area contributed by atoms with Crippen LogP contribution < -0.4 is 5.32 Å². The second-order valence-electron chi connectivity index (χ2n) is 3.06. The number of carbonyl (C=O) groups is 1. The van der Waals surface area contributed by atoms with Crippen LogP contribution in [0, 0.1) is 0 Å². The van der Waals surface area contributed by atoms with Gasteiger partial charge in [-0.05, 0) is 24.3 Å². The zero-order valence-corrected chi connectivity index (χ0v) is 9.90. The van der Waals surface area contributed by atoms with E-state index in [2.05, 4.69) is 20.5 Å². The normalized spacial score (nSPS) is 10.0. The fraction of sp³-hybridized carbons (Fsp3) is 0. The van der Waals surface area contributed by atoms with E-state index in [9.17, 15) is 4.79 Å².